The van der Waals surface area contributed by atoms with Crippen LogP contribution in [0.2, 0.25) is 0 Å². The number of hydrogen-bond acceptors (Lipinski definition) is 2. The first kappa shape index (κ1) is 17.2. The third-order valence-electron chi connectivity index (χ3n) is 6.09. The monoisotopic (exact) mass is 387 g/mol. The highest BCUT2D eigenvalue weighted by atomic mass is 16.3. The molecule has 6 rings (SSSR count). The molecule has 6 aromatic rings. The van der Waals surface area contributed by atoms with Gasteiger partial charge in [0.25, 0.3) is 0 Å². The molecule has 0 amide bonds. The Morgan fingerprint density at radius 2 is 1.53 bits per heavy atom. The first-order chi connectivity index (χ1) is 14.7. The molecule has 2 aromatic heterocycles. The molecule has 0 aliphatic rings. The highest BCUT2D eigenvalue weighted by Crippen LogP contribution is 2.37. The standard InChI is InChI=1S/C28H21NO/c1-17(2)19-8-10-22-20(15-19)13-14-29-27(22)21-9-11-24-25-12-7-18-5-3-4-6-23(18)28(25)30-26(24)16-21/h3-17H,1-2H3. The fourth-order valence-electron chi connectivity index (χ4n) is 4.44. The van der Waals surface area contributed by atoms with Crippen molar-refractivity contribution in [2.45, 2.75) is 19.8 Å². The van der Waals surface area contributed by atoms with Gasteiger partial charge in [-0.25, -0.2) is 0 Å². The van der Waals surface area contributed by atoms with Gasteiger partial charge in [-0.15, -0.1) is 0 Å². The van der Waals surface area contributed by atoms with Gasteiger partial charge in [0.05, 0.1) is 5.69 Å². The van der Waals surface area contributed by atoms with Gasteiger partial charge in [0.2, 0.25) is 0 Å². The van der Waals surface area contributed by atoms with Gasteiger partial charge in [-0.05, 0) is 46.5 Å². The highest BCUT2D eigenvalue weighted by molar-refractivity contribution is 6.15. The second kappa shape index (κ2) is 6.43. The van der Waals surface area contributed by atoms with Crippen molar-refractivity contribution >= 4 is 43.5 Å². The van der Waals surface area contributed by atoms with Crippen molar-refractivity contribution in [3.05, 3.63) is 90.6 Å². The topological polar surface area (TPSA) is 26.0 Å². The Morgan fingerprint density at radius 1 is 0.700 bits per heavy atom. The van der Waals surface area contributed by atoms with Crippen LogP contribution in [0.3, 0.4) is 0 Å². The van der Waals surface area contributed by atoms with Crippen LogP contribution in [0, 0.1) is 0 Å². The maximum atomic E-state index is 6.36. The molecule has 0 unspecified atom stereocenters. The molecule has 4 aromatic carbocycles. The minimum absolute atomic E-state index is 0.507. The van der Waals surface area contributed by atoms with E-state index in [0.717, 1.165) is 38.6 Å². The normalized spacial score (nSPS) is 12.0. The molecule has 0 saturated carbocycles. The van der Waals surface area contributed by atoms with Crippen LogP contribution in [0.4, 0.5) is 0 Å². The Hall–Kier alpha value is -3.65. The van der Waals surface area contributed by atoms with E-state index in [2.05, 4.69) is 92.7 Å². The van der Waals surface area contributed by atoms with Crippen molar-refractivity contribution in [1.29, 1.82) is 0 Å². The van der Waals surface area contributed by atoms with Crippen molar-refractivity contribution < 1.29 is 4.42 Å². The van der Waals surface area contributed by atoms with Crippen LogP contribution in [0.1, 0.15) is 25.3 Å². The van der Waals surface area contributed by atoms with Crippen LogP contribution in [0.5, 0.6) is 0 Å². The number of rotatable bonds is 2. The van der Waals surface area contributed by atoms with Crippen LogP contribution in [-0.2, 0) is 0 Å². The summed E-state index contributed by atoms with van der Waals surface area (Å²) in [5.41, 5.74) is 5.27. The third-order valence-corrected chi connectivity index (χ3v) is 6.09. The van der Waals surface area contributed by atoms with Crippen LogP contribution < -0.4 is 0 Å². The molecule has 0 saturated heterocycles. The van der Waals surface area contributed by atoms with Crippen molar-refractivity contribution in [3.63, 3.8) is 0 Å². The first-order valence-electron chi connectivity index (χ1n) is 10.4. The number of hydrogen-bond donors (Lipinski definition) is 0. The lowest BCUT2D eigenvalue weighted by Gasteiger charge is -2.10. The van der Waals surface area contributed by atoms with Gasteiger partial charge < -0.3 is 4.42 Å². The average Bonchev–Trinajstić information content (AvgIpc) is 3.16. The Labute approximate surface area is 174 Å². The summed E-state index contributed by atoms with van der Waals surface area (Å²) in [6.07, 6.45) is 1.90. The molecular formula is C28H21NO. The summed E-state index contributed by atoms with van der Waals surface area (Å²) in [6, 6.07) is 27.9. The SMILES string of the molecule is CC(C)c1ccc2c(-c3ccc4c(c3)oc3c5ccccc5ccc43)nccc2c1. The van der Waals surface area contributed by atoms with Crippen LogP contribution in [0.25, 0.3) is 54.7 Å². The van der Waals surface area contributed by atoms with E-state index in [9.17, 15) is 0 Å². The lowest BCUT2D eigenvalue weighted by atomic mass is 9.97. The minimum atomic E-state index is 0.507. The van der Waals surface area contributed by atoms with Gasteiger partial charge >= 0.3 is 0 Å². The fraction of sp³-hybridized carbons (Fsp3) is 0.107. The van der Waals surface area contributed by atoms with Crippen molar-refractivity contribution in [2.75, 3.05) is 0 Å². The Kier molecular flexibility index (Phi) is 3.69. The maximum absolute atomic E-state index is 6.36. The van der Waals surface area contributed by atoms with E-state index in [4.69, 9.17) is 9.40 Å². The number of furan rings is 1. The molecule has 2 heteroatoms. The van der Waals surface area contributed by atoms with Crippen LogP contribution >= 0.6 is 0 Å². The maximum Gasteiger partial charge on any atom is 0.143 e. The summed E-state index contributed by atoms with van der Waals surface area (Å²) in [6.45, 7) is 4.45. The number of fused-ring (bicyclic) bond motifs is 6. The smallest absolute Gasteiger partial charge is 0.143 e. The third kappa shape index (κ3) is 2.54. The zero-order chi connectivity index (χ0) is 20.2. The predicted octanol–water partition coefficient (Wildman–Crippen LogP) is 8.08. The second-order valence-corrected chi connectivity index (χ2v) is 8.27. The van der Waals surface area contributed by atoms with E-state index in [1.54, 1.807) is 0 Å². The summed E-state index contributed by atoms with van der Waals surface area (Å²) in [5, 5.41) is 7.03. The summed E-state index contributed by atoms with van der Waals surface area (Å²) < 4.78 is 6.36. The molecule has 30 heavy (non-hydrogen) atoms. The zero-order valence-electron chi connectivity index (χ0n) is 17.0. The quantitative estimate of drug-likeness (QED) is 0.300. The van der Waals surface area contributed by atoms with Gasteiger partial charge in [0, 0.05) is 33.3 Å². The van der Waals surface area contributed by atoms with E-state index in [-0.39, 0.29) is 0 Å². The van der Waals surface area contributed by atoms with E-state index >= 15 is 0 Å². The summed E-state index contributed by atoms with van der Waals surface area (Å²) in [7, 11) is 0. The molecule has 2 heterocycles. The predicted molar refractivity (Wildman–Crippen MR) is 126 cm³/mol. The van der Waals surface area contributed by atoms with Crippen molar-refractivity contribution in [2.24, 2.45) is 0 Å². The molecule has 0 N–H and O–H groups in total. The molecule has 0 aliphatic carbocycles. The van der Waals surface area contributed by atoms with Gasteiger partial charge in [-0.2, -0.15) is 0 Å². The van der Waals surface area contributed by atoms with E-state index < -0.39 is 0 Å². The highest BCUT2D eigenvalue weighted by Gasteiger charge is 2.13. The largest absolute Gasteiger partial charge is 0.455 e. The van der Waals surface area contributed by atoms with Gasteiger partial charge in [0.15, 0.2) is 0 Å². The van der Waals surface area contributed by atoms with Crippen molar-refractivity contribution in [3.8, 4) is 11.3 Å². The van der Waals surface area contributed by atoms with E-state index in [0.29, 0.717) is 5.92 Å². The minimum Gasteiger partial charge on any atom is -0.455 e. The van der Waals surface area contributed by atoms with Crippen LogP contribution in [0.15, 0.2) is 89.5 Å². The Morgan fingerprint density at radius 3 is 2.43 bits per heavy atom. The second-order valence-electron chi connectivity index (χ2n) is 8.27. The fourth-order valence-corrected chi connectivity index (χ4v) is 4.44. The molecule has 0 aliphatic heterocycles. The molecule has 0 atom stereocenters. The molecule has 144 valence electrons. The zero-order valence-corrected chi connectivity index (χ0v) is 17.0. The van der Waals surface area contributed by atoms with E-state index in [1.165, 1.54) is 21.7 Å². The summed E-state index contributed by atoms with van der Waals surface area (Å²) in [4.78, 5) is 4.72. The Bertz CT molecular complexity index is 1570. The van der Waals surface area contributed by atoms with Crippen molar-refractivity contribution in [1.82, 2.24) is 4.98 Å². The molecule has 2 nitrogen and oxygen atoms in total. The molecule has 0 fully saturated rings. The number of aromatic nitrogens is 1. The molecule has 0 spiro atoms. The van der Waals surface area contributed by atoms with E-state index in [1.807, 2.05) is 6.20 Å². The average molecular weight is 387 g/mol. The lowest BCUT2D eigenvalue weighted by Crippen LogP contribution is -1.90. The van der Waals surface area contributed by atoms with Crippen LogP contribution in [-0.4, -0.2) is 4.98 Å². The summed E-state index contributed by atoms with van der Waals surface area (Å²) in [5.74, 6) is 0.507. The summed E-state index contributed by atoms with van der Waals surface area (Å²) >= 11 is 0. The van der Waals surface area contributed by atoms with Gasteiger partial charge in [-0.3, -0.25) is 4.98 Å². The van der Waals surface area contributed by atoms with Gasteiger partial charge in [-0.1, -0.05) is 68.4 Å². The molecular weight excluding hydrogens is 366 g/mol. The molecule has 0 radical (unpaired) electrons. The number of benzene rings is 4. The van der Waals surface area contributed by atoms with Gasteiger partial charge in [0.1, 0.15) is 11.2 Å². The number of nitrogens with zero attached hydrogens (tertiary/aromatic N) is 1. The first-order valence-corrected chi connectivity index (χ1v) is 10.4. The lowest BCUT2D eigenvalue weighted by molar-refractivity contribution is 0.673. The Balaban J connectivity index is 1.58. The molecule has 0 bridgehead atoms. The number of pyridine rings is 1.